The third kappa shape index (κ3) is 3.90. The molecule has 2 aromatic heterocycles. The Kier molecular flexibility index (Phi) is 5.62. The zero-order valence-electron chi connectivity index (χ0n) is 21.7. The zero-order valence-corrected chi connectivity index (χ0v) is 21.7. The number of aromatic hydroxyl groups is 1. The fraction of sp³-hybridized carbons (Fsp3) is 0.129. The molecule has 9 nitrogen and oxygen atoms in total. The lowest BCUT2D eigenvalue weighted by Crippen LogP contribution is -2.15. The Balaban J connectivity index is 1.33. The van der Waals surface area contributed by atoms with Gasteiger partial charge in [-0.2, -0.15) is 0 Å². The number of methoxy groups -OCH3 is 2. The Morgan fingerprint density at radius 3 is 2.62 bits per heavy atom. The zero-order chi connectivity index (χ0) is 27.2. The van der Waals surface area contributed by atoms with Gasteiger partial charge in [-0.25, -0.2) is 14.5 Å². The average Bonchev–Trinajstić information content (AvgIpc) is 3.42. The molecule has 1 N–H and O–H groups in total. The number of rotatable bonds is 6. The van der Waals surface area contributed by atoms with E-state index < -0.39 is 0 Å². The van der Waals surface area contributed by atoms with Gasteiger partial charge in [-0.1, -0.05) is 48.5 Å². The summed E-state index contributed by atoms with van der Waals surface area (Å²) in [7, 11) is 3.21. The van der Waals surface area contributed by atoms with E-state index in [4.69, 9.17) is 23.9 Å². The lowest BCUT2D eigenvalue weighted by Gasteiger charge is -2.28. The molecule has 3 heterocycles. The number of fused-ring (bicyclic) bond motifs is 5. The average molecular weight is 533 g/mol. The van der Waals surface area contributed by atoms with Crippen LogP contribution in [0.4, 0.5) is 0 Å². The van der Waals surface area contributed by atoms with Crippen molar-refractivity contribution in [3.63, 3.8) is 0 Å². The molecular weight excluding hydrogens is 508 g/mol. The molecule has 1 aliphatic rings. The molecule has 0 amide bonds. The number of nitrogens with zero attached hydrogens (tertiary/aromatic N) is 4. The van der Waals surface area contributed by atoms with Gasteiger partial charge in [-0.3, -0.25) is 0 Å². The lowest BCUT2D eigenvalue weighted by molar-refractivity contribution is 0.299. The number of benzene rings is 4. The minimum absolute atomic E-state index is 0.102. The maximum Gasteiger partial charge on any atom is 0.228 e. The number of ether oxygens (including phenoxy) is 4. The van der Waals surface area contributed by atoms with Gasteiger partial charge < -0.3 is 24.1 Å². The SMILES string of the molecule is COc1ccc(C2c3ccc(O)cc3Oc3ncn4nc(COc5cccc6ccccc56)nc4c32)cc1OC. The first-order valence-electron chi connectivity index (χ1n) is 12.7. The Morgan fingerprint density at radius 1 is 0.900 bits per heavy atom. The lowest BCUT2D eigenvalue weighted by atomic mass is 9.83. The predicted octanol–water partition coefficient (Wildman–Crippen LogP) is 5.87. The summed E-state index contributed by atoms with van der Waals surface area (Å²) >= 11 is 0. The Morgan fingerprint density at radius 2 is 1.75 bits per heavy atom. The van der Waals surface area contributed by atoms with Gasteiger partial charge in [-0.05, 0) is 35.2 Å². The third-order valence-corrected chi connectivity index (χ3v) is 7.08. The molecule has 0 radical (unpaired) electrons. The summed E-state index contributed by atoms with van der Waals surface area (Å²) in [6.07, 6.45) is 1.57. The van der Waals surface area contributed by atoms with Crippen LogP contribution in [-0.2, 0) is 6.61 Å². The normalized spacial score (nSPS) is 13.9. The second kappa shape index (κ2) is 9.46. The van der Waals surface area contributed by atoms with Crippen LogP contribution >= 0.6 is 0 Å². The minimum atomic E-state index is -0.327. The van der Waals surface area contributed by atoms with Gasteiger partial charge in [0.15, 0.2) is 23.0 Å². The van der Waals surface area contributed by atoms with E-state index in [0.29, 0.717) is 34.6 Å². The summed E-state index contributed by atoms with van der Waals surface area (Å²) < 4.78 is 25.0. The first kappa shape index (κ1) is 23.8. The molecule has 1 aliphatic heterocycles. The van der Waals surface area contributed by atoms with E-state index in [2.05, 4.69) is 22.2 Å². The van der Waals surface area contributed by atoms with E-state index >= 15 is 0 Å². The monoisotopic (exact) mass is 532 g/mol. The predicted molar refractivity (Wildman–Crippen MR) is 148 cm³/mol. The van der Waals surface area contributed by atoms with Crippen LogP contribution in [0.25, 0.3) is 16.4 Å². The molecule has 4 aromatic carbocycles. The molecule has 6 aromatic rings. The van der Waals surface area contributed by atoms with Crippen molar-refractivity contribution in [2.24, 2.45) is 0 Å². The van der Waals surface area contributed by atoms with Gasteiger partial charge in [0.05, 0.1) is 19.8 Å². The van der Waals surface area contributed by atoms with Crippen LogP contribution in [-0.4, -0.2) is 38.9 Å². The molecular formula is C31H24N4O5. The summed E-state index contributed by atoms with van der Waals surface area (Å²) in [5.74, 6) is 3.16. The van der Waals surface area contributed by atoms with Crippen molar-refractivity contribution in [3.05, 3.63) is 108 Å². The van der Waals surface area contributed by atoms with E-state index in [0.717, 1.165) is 33.2 Å². The number of phenols is 1. The minimum Gasteiger partial charge on any atom is -0.508 e. The standard InChI is InChI=1S/C31H24N4O5/c1-37-24-13-10-19(14-26(24)38-2)28-22-12-11-20(36)15-25(22)40-31-29(28)30-33-27(34-35(30)17-32-31)16-39-23-9-5-7-18-6-3-4-8-21(18)23/h3-15,17,28,36H,16H2,1-2H3. The summed E-state index contributed by atoms with van der Waals surface area (Å²) in [5.41, 5.74) is 3.11. The van der Waals surface area contributed by atoms with Crippen LogP contribution in [0, 0.1) is 0 Å². The smallest absolute Gasteiger partial charge is 0.228 e. The molecule has 0 fully saturated rings. The van der Waals surface area contributed by atoms with Crippen LogP contribution in [0.5, 0.6) is 34.6 Å². The fourth-order valence-electron chi connectivity index (χ4n) is 5.25. The summed E-state index contributed by atoms with van der Waals surface area (Å²) in [5, 5.41) is 16.9. The maximum absolute atomic E-state index is 10.2. The van der Waals surface area contributed by atoms with Crippen LogP contribution in [0.3, 0.4) is 0 Å². The van der Waals surface area contributed by atoms with Gasteiger partial charge >= 0.3 is 0 Å². The molecule has 0 bridgehead atoms. The molecule has 1 atom stereocenters. The van der Waals surface area contributed by atoms with Gasteiger partial charge in [0, 0.05) is 22.9 Å². The molecule has 0 aliphatic carbocycles. The number of phenolic OH excluding ortho intramolecular Hbond substituents is 1. The first-order chi connectivity index (χ1) is 19.6. The molecule has 40 heavy (non-hydrogen) atoms. The Labute approximate surface area is 229 Å². The van der Waals surface area contributed by atoms with Crippen LogP contribution in [0.2, 0.25) is 0 Å². The molecule has 9 heteroatoms. The van der Waals surface area contributed by atoms with Gasteiger partial charge in [-0.15, -0.1) is 5.10 Å². The second-order valence-electron chi connectivity index (χ2n) is 9.40. The quantitative estimate of drug-likeness (QED) is 0.284. The highest BCUT2D eigenvalue weighted by Gasteiger charge is 2.34. The second-order valence-corrected chi connectivity index (χ2v) is 9.40. The van der Waals surface area contributed by atoms with Gasteiger partial charge in [0.25, 0.3) is 0 Å². The van der Waals surface area contributed by atoms with E-state index in [-0.39, 0.29) is 18.3 Å². The van der Waals surface area contributed by atoms with Gasteiger partial charge in [0.2, 0.25) is 5.88 Å². The molecule has 1 unspecified atom stereocenters. The molecule has 0 saturated carbocycles. The first-order valence-corrected chi connectivity index (χ1v) is 12.7. The molecule has 7 rings (SSSR count). The molecule has 198 valence electrons. The summed E-state index contributed by atoms with van der Waals surface area (Å²) in [6, 6.07) is 24.9. The fourth-order valence-corrected chi connectivity index (χ4v) is 5.25. The van der Waals surface area contributed by atoms with Crippen molar-refractivity contribution in [1.82, 2.24) is 19.6 Å². The Bertz CT molecular complexity index is 1900. The van der Waals surface area contributed by atoms with E-state index in [1.807, 2.05) is 54.6 Å². The molecule has 0 saturated heterocycles. The van der Waals surface area contributed by atoms with Crippen molar-refractivity contribution in [2.45, 2.75) is 12.5 Å². The van der Waals surface area contributed by atoms with Crippen molar-refractivity contribution in [1.29, 1.82) is 0 Å². The van der Waals surface area contributed by atoms with Crippen molar-refractivity contribution >= 4 is 16.4 Å². The van der Waals surface area contributed by atoms with Crippen LogP contribution in [0.1, 0.15) is 28.4 Å². The summed E-state index contributed by atoms with van der Waals surface area (Å²) in [6.45, 7) is 0.177. The largest absolute Gasteiger partial charge is 0.508 e. The Hall–Kier alpha value is -5.31. The van der Waals surface area contributed by atoms with E-state index in [1.165, 1.54) is 0 Å². The molecule has 0 spiro atoms. The number of hydrogen-bond acceptors (Lipinski definition) is 8. The summed E-state index contributed by atoms with van der Waals surface area (Å²) in [4.78, 5) is 9.43. The topological polar surface area (TPSA) is 100 Å². The van der Waals surface area contributed by atoms with Gasteiger partial charge in [0.1, 0.15) is 30.2 Å². The van der Waals surface area contributed by atoms with Crippen molar-refractivity contribution in [3.8, 4) is 34.6 Å². The van der Waals surface area contributed by atoms with E-state index in [1.54, 1.807) is 37.2 Å². The van der Waals surface area contributed by atoms with Crippen LogP contribution < -0.4 is 18.9 Å². The highest BCUT2D eigenvalue weighted by molar-refractivity contribution is 5.88. The number of hydrogen-bond donors (Lipinski definition) is 1. The van der Waals surface area contributed by atoms with E-state index in [9.17, 15) is 5.11 Å². The highest BCUT2D eigenvalue weighted by atomic mass is 16.5. The maximum atomic E-state index is 10.2. The van der Waals surface area contributed by atoms with Crippen LogP contribution in [0.15, 0.2) is 85.2 Å². The highest BCUT2D eigenvalue weighted by Crippen LogP contribution is 2.49. The third-order valence-electron chi connectivity index (χ3n) is 7.08. The number of aromatic nitrogens is 4. The van der Waals surface area contributed by atoms with Crippen molar-refractivity contribution in [2.75, 3.05) is 14.2 Å². The van der Waals surface area contributed by atoms with Crippen molar-refractivity contribution < 1.29 is 24.1 Å².